The number of hydrogen-bond donors (Lipinski definition) is 1. The van der Waals surface area contributed by atoms with Gasteiger partial charge in [-0.1, -0.05) is 0 Å². The van der Waals surface area contributed by atoms with Crippen LogP contribution in [-0.2, 0) is 21.4 Å². The number of aromatic nitrogens is 2. The zero-order valence-electron chi connectivity index (χ0n) is 18.2. The summed E-state index contributed by atoms with van der Waals surface area (Å²) in [7, 11) is -0.317. The van der Waals surface area contributed by atoms with Gasteiger partial charge in [-0.25, -0.2) is 22.8 Å². The number of sulfonamides is 1. The summed E-state index contributed by atoms with van der Waals surface area (Å²) in [5, 5.41) is 3.01. The second-order valence-corrected chi connectivity index (χ2v) is 9.75. The number of rotatable bonds is 6. The van der Waals surface area contributed by atoms with Crippen LogP contribution in [0.2, 0.25) is 0 Å². The molecular formula is C21H28FN5O3S. The summed E-state index contributed by atoms with van der Waals surface area (Å²) in [5.74, 6) is 0.448. The Labute approximate surface area is 182 Å². The third kappa shape index (κ3) is 5.19. The van der Waals surface area contributed by atoms with Crippen molar-refractivity contribution in [2.24, 2.45) is 0 Å². The lowest BCUT2D eigenvalue weighted by Gasteiger charge is -2.32. The number of carbonyl (C=O) groups is 1. The number of hydrogen-bond acceptors (Lipinski definition) is 6. The Morgan fingerprint density at radius 3 is 2.71 bits per heavy atom. The number of nitrogens with one attached hydrogen (secondary N) is 1. The molecule has 8 nitrogen and oxygen atoms in total. The Balaban J connectivity index is 1.88. The fraction of sp³-hybridized carbons (Fsp3) is 0.476. The maximum Gasteiger partial charge on any atom is 0.243 e. The highest BCUT2D eigenvalue weighted by molar-refractivity contribution is 7.89. The first-order chi connectivity index (χ1) is 14.6. The predicted molar refractivity (Wildman–Crippen MR) is 116 cm³/mol. The SMILES string of the molecule is CNc1cc(CN(C)C(C)=O)nc(C2CCCN(S(=O)(=O)c3ccc(F)cc3C)C2)n1. The molecule has 1 N–H and O–H groups in total. The molecule has 0 radical (unpaired) electrons. The Bertz CT molecular complexity index is 1080. The van der Waals surface area contributed by atoms with Crippen molar-refractivity contribution in [2.45, 2.75) is 44.0 Å². The Hall–Kier alpha value is -2.59. The highest BCUT2D eigenvalue weighted by Crippen LogP contribution is 2.30. The fourth-order valence-corrected chi connectivity index (χ4v) is 5.41. The molecule has 0 spiro atoms. The van der Waals surface area contributed by atoms with Gasteiger partial charge in [0.25, 0.3) is 0 Å². The third-order valence-electron chi connectivity index (χ3n) is 5.49. The van der Waals surface area contributed by atoms with Crippen LogP contribution in [0.15, 0.2) is 29.2 Å². The molecule has 1 aromatic carbocycles. The minimum atomic E-state index is -3.76. The first-order valence-electron chi connectivity index (χ1n) is 10.2. The summed E-state index contributed by atoms with van der Waals surface area (Å²) in [6.07, 6.45) is 1.42. The molecular weight excluding hydrogens is 421 g/mol. The number of amides is 1. The van der Waals surface area contributed by atoms with Crippen molar-refractivity contribution < 1.29 is 17.6 Å². The number of piperidine rings is 1. The molecule has 3 rings (SSSR count). The Morgan fingerprint density at radius 1 is 1.32 bits per heavy atom. The van der Waals surface area contributed by atoms with Crippen LogP contribution in [0, 0.1) is 12.7 Å². The van der Waals surface area contributed by atoms with Crippen LogP contribution in [-0.4, -0.2) is 60.7 Å². The first-order valence-corrected chi connectivity index (χ1v) is 11.6. The number of aryl methyl sites for hydroxylation is 1. The quantitative estimate of drug-likeness (QED) is 0.728. The average molecular weight is 450 g/mol. The standard InChI is InChI=1S/C21H28FN5O3S/c1-14-10-17(22)7-8-19(14)31(29,30)27-9-5-6-16(12-27)21-24-18(11-20(23-3)25-21)13-26(4)15(2)28/h7-8,10-11,16H,5-6,9,12-13H2,1-4H3,(H,23,24,25). The normalized spacial score (nSPS) is 17.4. The second kappa shape index (κ2) is 9.27. The smallest absolute Gasteiger partial charge is 0.243 e. The van der Waals surface area contributed by atoms with E-state index in [1.807, 2.05) is 0 Å². The third-order valence-corrected chi connectivity index (χ3v) is 7.52. The topological polar surface area (TPSA) is 95.5 Å². The minimum absolute atomic E-state index is 0.0734. The van der Waals surface area contributed by atoms with Crippen LogP contribution in [0.25, 0.3) is 0 Å². The van der Waals surface area contributed by atoms with Crippen molar-refractivity contribution in [2.75, 3.05) is 32.5 Å². The van der Waals surface area contributed by atoms with Gasteiger partial charge in [-0.15, -0.1) is 0 Å². The summed E-state index contributed by atoms with van der Waals surface area (Å²) in [6, 6.07) is 5.49. The maximum absolute atomic E-state index is 13.5. The van der Waals surface area contributed by atoms with E-state index < -0.39 is 15.8 Å². The van der Waals surface area contributed by atoms with Gasteiger partial charge in [-0.05, 0) is 43.5 Å². The van der Waals surface area contributed by atoms with Crippen molar-refractivity contribution in [1.82, 2.24) is 19.2 Å². The molecule has 1 fully saturated rings. The van der Waals surface area contributed by atoms with Crippen molar-refractivity contribution in [1.29, 1.82) is 0 Å². The lowest BCUT2D eigenvalue weighted by Crippen LogP contribution is -2.39. The van der Waals surface area contributed by atoms with E-state index in [1.54, 1.807) is 32.0 Å². The summed E-state index contributed by atoms with van der Waals surface area (Å²) in [6.45, 7) is 4.05. The predicted octanol–water partition coefficient (Wildman–Crippen LogP) is 2.51. The highest BCUT2D eigenvalue weighted by Gasteiger charge is 2.33. The van der Waals surface area contributed by atoms with Crippen molar-refractivity contribution in [3.63, 3.8) is 0 Å². The van der Waals surface area contributed by atoms with E-state index in [0.29, 0.717) is 42.4 Å². The summed E-state index contributed by atoms with van der Waals surface area (Å²) < 4.78 is 41.3. The summed E-state index contributed by atoms with van der Waals surface area (Å²) in [5.41, 5.74) is 1.06. The van der Waals surface area contributed by atoms with Crippen LogP contribution >= 0.6 is 0 Å². The first kappa shape index (κ1) is 23.1. The Kier molecular flexibility index (Phi) is 6.90. The van der Waals surface area contributed by atoms with Crippen LogP contribution < -0.4 is 5.32 Å². The van der Waals surface area contributed by atoms with Gasteiger partial charge in [-0.3, -0.25) is 4.79 Å². The molecule has 1 unspecified atom stereocenters. The van der Waals surface area contributed by atoms with Gasteiger partial charge in [0.2, 0.25) is 15.9 Å². The lowest BCUT2D eigenvalue weighted by atomic mass is 9.98. The molecule has 1 atom stereocenters. The van der Waals surface area contributed by atoms with E-state index in [-0.39, 0.29) is 23.3 Å². The molecule has 0 bridgehead atoms. The average Bonchev–Trinajstić information content (AvgIpc) is 2.73. The van der Waals surface area contributed by atoms with Crippen molar-refractivity contribution >= 4 is 21.7 Å². The zero-order valence-corrected chi connectivity index (χ0v) is 19.0. The molecule has 168 valence electrons. The van der Waals surface area contributed by atoms with E-state index in [1.165, 1.54) is 29.4 Å². The van der Waals surface area contributed by atoms with Gasteiger partial charge < -0.3 is 10.2 Å². The number of halogens is 1. The minimum Gasteiger partial charge on any atom is -0.373 e. The number of anilines is 1. The number of nitrogens with zero attached hydrogens (tertiary/aromatic N) is 4. The van der Waals surface area contributed by atoms with Gasteiger partial charge in [-0.2, -0.15) is 4.31 Å². The van der Waals surface area contributed by atoms with E-state index in [2.05, 4.69) is 15.3 Å². The Morgan fingerprint density at radius 2 is 2.06 bits per heavy atom. The lowest BCUT2D eigenvalue weighted by molar-refractivity contribution is -0.128. The second-order valence-electron chi connectivity index (χ2n) is 7.84. The molecule has 1 aromatic heterocycles. The molecule has 2 aromatic rings. The van der Waals surface area contributed by atoms with E-state index >= 15 is 0 Å². The monoisotopic (exact) mass is 449 g/mol. The number of benzene rings is 1. The van der Waals surface area contributed by atoms with E-state index in [0.717, 1.165) is 6.42 Å². The highest BCUT2D eigenvalue weighted by atomic mass is 32.2. The van der Waals surface area contributed by atoms with Crippen LogP contribution in [0.1, 0.15) is 42.8 Å². The molecule has 0 aliphatic carbocycles. The molecule has 10 heteroatoms. The van der Waals surface area contributed by atoms with Crippen LogP contribution in [0.4, 0.5) is 10.2 Å². The van der Waals surface area contributed by atoms with E-state index in [9.17, 15) is 17.6 Å². The van der Waals surface area contributed by atoms with Gasteiger partial charge in [0.1, 0.15) is 17.5 Å². The van der Waals surface area contributed by atoms with Crippen LogP contribution in [0.5, 0.6) is 0 Å². The van der Waals surface area contributed by atoms with E-state index in [4.69, 9.17) is 0 Å². The molecule has 1 amide bonds. The summed E-state index contributed by atoms with van der Waals surface area (Å²) >= 11 is 0. The number of carbonyl (C=O) groups excluding carboxylic acids is 1. The molecule has 31 heavy (non-hydrogen) atoms. The maximum atomic E-state index is 13.5. The van der Waals surface area contributed by atoms with Gasteiger partial charge >= 0.3 is 0 Å². The fourth-order valence-electron chi connectivity index (χ4n) is 3.68. The molecule has 1 saturated heterocycles. The molecule has 1 aliphatic rings. The van der Waals surface area contributed by atoms with Gasteiger partial charge in [0.15, 0.2) is 0 Å². The largest absolute Gasteiger partial charge is 0.373 e. The molecule has 1 aliphatic heterocycles. The van der Waals surface area contributed by atoms with Crippen LogP contribution in [0.3, 0.4) is 0 Å². The van der Waals surface area contributed by atoms with Crippen molar-refractivity contribution in [3.8, 4) is 0 Å². The summed E-state index contributed by atoms with van der Waals surface area (Å²) in [4.78, 5) is 22.4. The van der Waals surface area contributed by atoms with Crippen molar-refractivity contribution in [3.05, 3.63) is 47.2 Å². The molecule has 0 saturated carbocycles. The van der Waals surface area contributed by atoms with Gasteiger partial charge in [0, 0.05) is 46.1 Å². The molecule has 2 heterocycles. The van der Waals surface area contributed by atoms with Gasteiger partial charge in [0.05, 0.1) is 17.1 Å². The zero-order chi connectivity index (χ0) is 22.8.